The van der Waals surface area contributed by atoms with Gasteiger partial charge in [-0.15, -0.1) is 0 Å². The lowest BCUT2D eigenvalue weighted by Gasteiger charge is -1.98. The van der Waals surface area contributed by atoms with E-state index in [1.54, 1.807) is 0 Å². The molecular weight excluding hydrogens is 108 g/mol. The molecule has 1 aliphatic heterocycles. The summed E-state index contributed by atoms with van der Waals surface area (Å²) in [7, 11) is 0. The lowest BCUT2D eigenvalue weighted by Crippen LogP contribution is -2.13. The molecule has 0 spiro atoms. The molecule has 40 valence electrons. The average molecular weight is 117 g/mol. The molecule has 0 aromatic carbocycles. The minimum Gasteiger partial charge on any atom is -0.299 e. The first-order valence-corrected chi connectivity index (χ1v) is 3.81. The Morgan fingerprint density at radius 2 is 1.86 bits per heavy atom. The Hall–Kier alpha value is 0.0200. The van der Waals surface area contributed by atoms with Crippen molar-refractivity contribution in [1.29, 1.82) is 0 Å². The summed E-state index contributed by atoms with van der Waals surface area (Å²) in [5.74, 6) is 2.68. The number of hydrogen-bond donors (Lipinski definition) is 0. The second-order valence-electron chi connectivity index (χ2n) is 1.71. The number of carbonyl (C=O) groups excluding carboxylic acids is 1. The summed E-state index contributed by atoms with van der Waals surface area (Å²) in [4.78, 5) is 10.5. The van der Waals surface area contributed by atoms with Crippen molar-refractivity contribution in [3.8, 4) is 0 Å². The third kappa shape index (κ3) is 1.51. The molecule has 0 radical (unpaired) electrons. The van der Waals surface area contributed by atoms with Gasteiger partial charge in [-0.05, 0) is 11.8 Å². The Balaban J connectivity index is 2.25. The quantitative estimate of drug-likeness (QED) is 0.326. The highest BCUT2D eigenvalue weighted by atomic mass is 32.2. The van der Waals surface area contributed by atoms with E-state index in [1.165, 1.54) is 11.8 Å². The van der Waals surface area contributed by atoms with Crippen molar-refractivity contribution in [2.45, 2.75) is 12.8 Å². The van der Waals surface area contributed by atoms with Gasteiger partial charge < -0.3 is 0 Å². The summed E-state index contributed by atoms with van der Waals surface area (Å²) in [6.45, 7) is 0. The molecule has 0 aromatic heterocycles. The zero-order chi connectivity index (χ0) is 5.11. The van der Waals surface area contributed by atoms with E-state index >= 15 is 0 Å². The van der Waals surface area contributed by atoms with Gasteiger partial charge in [-0.25, -0.2) is 0 Å². The fourth-order valence-electron chi connectivity index (χ4n) is 0.644. The molecule has 7 heavy (non-hydrogen) atoms. The zero-order valence-electron chi connectivity index (χ0n) is 4.18. The first-order chi connectivity index (χ1) is 3.39. The molecular formula is C5H9OS+. The monoisotopic (exact) mass is 117 g/mol. The molecule has 1 nitrogen and oxygen atoms in total. The molecule has 0 unspecified atom stereocenters. The lowest BCUT2D eigenvalue weighted by molar-refractivity contribution is -0.118. The van der Waals surface area contributed by atoms with Crippen molar-refractivity contribution in [3.05, 3.63) is 0 Å². The molecule has 0 N–H and O–H groups in total. The van der Waals surface area contributed by atoms with Crippen LogP contribution in [0.2, 0.25) is 0 Å². The van der Waals surface area contributed by atoms with Crippen molar-refractivity contribution in [1.82, 2.24) is 0 Å². The first-order valence-electron chi connectivity index (χ1n) is 2.54. The predicted molar refractivity (Wildman–Crippen MR) is 32.7 cm³/mol. The standard InChI is InChI=1S/C5H8OS/c6-5-1-3-7-4-2-5/h1-4H2/p+1. The lowest BCUT2D eigenvalue weighted by atomic mass is 10.2. The highest BCUT2D eigenvalue weighted by Crippen LogP contribution is 1.98. The second kappa shape index (κ2) is 2.36. The van der Waals surface area contributed by atoms with E-state index in [1.807, 2.05) is 0 Å². The van der Waals surface area contributed by atoms with Crippen molar-refractivity contribution < 1.29 is 4.79 Å². The first kappa shape index (κ1) is 5.16. The fraction of sp³-hybridized carbons (Fsp3) is 0.800. The smallest absolute Gasteiger partial charge is 0.142 e. The molecule has 1 rings (SSSR count). The molecule has 0 aromatic rings. The van der Waals surface area contributed by atoms with Gasteiger partial charge in [-0.3, -0.25) is 4.79 Å². The van der Waals surface area contributed by atoms with Crippen molar-refractivity contribution in [2.24, 2.45) is 0 Å². The third-order valence-electron chi connectivity index (χ3n) is 1.10. The Bertz CT molecular complexity index is 72.1. The van der Waals surface area contributed by atoms with Crippen LogP contribution in [-0.4, -0.2) is 17.3 Å². The number of ketones is 1. The molecule has 0 aliphatic carbocycles. The van der Waals surface area contributed by atoms with Crippen LogP contribution in [0.5, 0.6) is 0 Å². The van der Waals surface area contributed by atoms with Gasteiger partial charge in [0.05, 0.1) is 12.8 Å². The fourth-order valence-corrected chi connectivity index (χ4v) is 1.68. The molecule has 1 aliphatic rings. The molecule has 1 fully saturated rings. The molecule has 0 amide bonds. The van der Waals surface area contributed by atoms with E-state index in [9.17, 15) is 4.79 Å². The summed E-state index contributed by atoms with van der Waals surface area (Å²) in [6.07, 6.45) is 1.67. The van der Waals surface area contributed by atoms with Crippen LogP contribution < -0.4 is 0 Å². The third-order valence-corrected chi connectivity index (χ3v) is 2.18. The van der Waals surface area contributed by atoms with Crippen molar-refractivity contribution in [2.75, 3.05) is 11.5 Å². The van der Waals surface area contributed by atoms with Crippen molar-refractivity contribution >= 4 is 17.5 Å². The summed E-state index contributed by atoms with van der Waals surface area (Å²) in [5, 5.41) is 0. The molecule has 2 heteroatoms. The van der Waals surface area contributed by atoms with E-state index in [0.717, 1.165) is 24.3 Å². The van der Waals surface area contributed by atoms with Gasteiger partial charge >= 0.3 is 0 Å². The molecule has 0 bridgehead atoms. The Morgan fingerprint density at radius 3 is 2.14 bits per heavy atom. The topological polar surface area (TPSA) is 17.1 Å². The number of hydrogen-bond acceptors (Lipinski definition) is 1. The summed E-state index contributed by atoms with van der Waals surface area (Å²) in [5.41, 5.74) is 0. The number of rotatable bonds is 0. The van der Waals surface area contributed by atoms with Gasteiger partial charge in [0.1, 0.15) is 17.3 Å². The van der Waals surface area contributed by atoms with Gasteiger partial charge in [-0.1, -0.05) is 0 Å². The van der Waals surface area contributed by atoms with Gasteiger partial charge in [0.2, 0.25) is 0 Å². The van der Waals surface area contributed by atoms with Gasteiger partial charge in [0.25, 0.3) is 0 Å². The van der Waals surface area contributed by atoms with Crippen LogP contribution in [0, 0.1) is 0 Å². The Kier molecular flexibility index (Phi) is 1.74. The number of Topliss-reactive ketones (excluding diaryl/α,β-unsaturated/α-hetero) is 1. The second-order valence-corrected chi connectivity index (χ2v) is 3.05. The zero-order valence-corrected chi connectivity index (χ0v) is 5.08. The molecule has 0 saturated carbocycles. The van der Waals surface area contributed by atoms with E-state index < -0.39 is 0 Å². The van der Waals surface area contributed by atoms with Gasteiger partial charge in [0.15, 0.2) is 0 Å². The normalized spacial score (nSPS) is 22.6. The van der Waals surface area contributed by atoms with Crippen LogP contribution in [0.1, 0.15) is 12.8 Å². The van der Waals surface area contributed by atoms with Crippen LogP contribution >= 0.6 is 0 Å². The maximum absolute atomic E-state index is 10.5. The average Bonchev–Trinajstić information content (AvgIpc) is 1.69. The van der Waals surface area contributed by atoms with E-state index in [4.69, 9.17) is 0 Å². The highest BCUT2D eigenvalue weighted by molar-refractivity contribution is 7.78. The van der Waals surface area contributed by atoms with Crippen LogP contribution in [-0.2, 0) is 16.6 Å². The van der Waals surface area contributed by atoms with Crippen LogP contribution in [0.15, 0.2) is 0 Å². The van der Waals surface area contributed by atoms with Crippen LogP contribution in [0.4, 0.5) is 0 Å². The molecule has 1 saturated heterocycles. The SMILES string of the molecule is O=C1CC[SH+]CC1. The Labute approximate surface area is 47.5 Å². The largest absolute Gasteiger partial charge is 0.299 e. The minimum atomic E-state index is 0.457. The summed E-state index contributed by atoms with van der Waals surface area (Å²) in [6, 6.07) is 0. The maximum Gasteiger partial charge on any atom is 0.142 e. The summed E-state index contributed by atoms with van der Waals surface area (Å²) < 4.78 is 0. The molecule has 0 atom stereocenters. The summed E-state index contributed by atoms with van der Waals surface area (Å²) >= 11 is 1.47. The van der Waals surface area contributed by atoms with E-state index in [2.05, 4.69) is 0 Å². The Morgan fingerprint density at radius 1 is 1.29 bits per heavy atom. The van der Waals surface area contributed by atoms with Gasteiger partial charge in [-0.2, -0.15) is 0 Å². The van der Waals surface area contributed by atoms with Crippen LogP contribution in [0.25, 0.3) is 0 Å². The van der Waals surface area contributed by atoms with Crippen molar-refractivity contribution in [3.63, 3.8) is 0 Å². The number of carbonyl (C=O) groups is 1. The van der Waals surface area contributed by atoms with Crippen LogP contribution in [0.3, 0.4) is 0 Å². The minimum absolute atomic E-state index is 0.457. The predicted octanol–water partition coefficient (Wildman–Crippen LogP) is 0.164. The number of thiol groups is 1. The maximum atomic E-state index is 10.5. The molecule has 1 heterocycles. The highest BCUT2D eigenvalue weighted by Gasteiger charge is 2.12. The van der Waals surface area contributed by atoms with E-state index in [-0.39, 0.29) is 0 Å². The van der Waals surface area contributed by atoms with Gasteiger partial charge in [0, 0.05) is 0 Å². The van der Waals surface area contributed by atoms with E-state index in [0.29, 0.717) is 5.78 Å².